The van der Waals surface area contributed by atoms with Crippen LogP contribution in [-0.4, -0.2) is 39.2 Å². The van der Waals surface area contributed by atoms with E-state index in [2.05, 4.69) is 15.7 Å². The highest BCUT2D eigenvalue weighted by Gasteiger charge is 2.29. The minimum Gasteiger partial charge on any atom is -0.481 e. The van der Waals surface area contributed by atoms with E-state index >= 15 is 0 Å². The van der Waals surface area contributed by atoms with E-state index in [-0.39, 0.29) is 30.7 Å². The van der Waals surface area contributed by atoms with Gasteiger partial charge in [-0.15, -0.1) is 0 Å². The summed E-state index contributed by atoms with van der Waals surface area (Å²) in [4.78, 5) is 46.5. The van der Waals surface area contributed by atoms with Crippen molar-refractivity contribution in [2.45, 2.75) is 44.6 Å². The number of carbonyl (C=O) groups is 3. The maximum Gasteiger partial charge on any atom is 0.303 e. The number of amides is 2. The van der Waals surface area contributed by atoms with E-state index < -0.39 is 17.9 Å². The van der Waals surface area contributed by atoms with E-state index in [0.29, 0.717) is 23.7 Å². The van der Waals surface area contributed by atoms with Gasteiger partial charge >= 0.3 is 5.97 Å². The summed E-state index contributed by atoms with van der Waals surface area (Å²) >= 11 is 0. The maximum atomic E-state index is 12.7. The zero-order valence-electron chi connectivity index (χ0n) is 15.3. The molecule has 1 aliphatic rings. The Labute approximate surface area is 160 Å². The predicted octanol–water partition coefficient (Wildman–Crippen LogP) is 1.43. The normalized spacial score (nSPS) is 16.8. The molecule has 2 heterocycles. The van der Waals surface area contributed by atoms with Gasteiger partial charge in [-0.25, -0.2) is 4.68 Å². The molecule has 9 heteroatoms. The summed E-state index contributed by atoms with van der Waals surface area (Å²) in [5.41, 5.74) is 0.470. The van der Waals surface area contributed by atoms with Crippen LogP contribution in [0, 0.1) is 0 Å². The molecule has 3 N–H and O–H groups in total. The topological polar surface area (TPSA) is 130 Å². The van der Waals surface area contributed by atoms with E-state index in [9.17, 15) is 19.2 Å². The van der Waals surface area contributed by atoms with Crippen molar-refractivity contribution in [3.8, 4) is 0 Å². The highest BCUT2D eigenvalue weighted by molar-refractivity contribution is 5.99. The van der Waals surface area contributed by atoms with Crippen molar-refractivity contribution in [1.82, 2.24) is 15.1 Å². The first-order valence-electron chi connectivity index (χ1n) is 9.26. The number of nitrogens with zero attached hydrogens (tertiary/aromatic N) is 2. The number of hydrogen-bond acceptors (Lipinski definition) is 6. The van der Waals surface area contributed by atoms with Crippen LogP contribution in [0.4, 0.5) is 5.69 Å². The molecule has 0 radical (unpaired) electrons. The number of carbonyl (C=O) groups excluding carboxylic acids is 2. The molecule has 0 aliphatic carbocycles. The average molecular weight is 386 g/mol. The molecule has 2 amide bonds. The van der Waals surface area contributed by atoms with Crippen LogP contribution < -0.4 is 16.2 Å². The number of unbranched alkanes of at least 4 members (excludes halogenated alkanes) is 2. The van der Waals surface area contributed by atoms with Gasteiger partial charge in [-0.05, 0) is 37.5 Å². The van der Waals surface area contributed by atoms with Crippen molar-refractivity contribution >= 4 is 34.2 Å². The Bertz CT molecular complexity index is 968. The number of aliphatic carboxylic acids is 1. The highest BCUT2D eigenvalue weighted by atomic mass is 16.4. The summed E-state index contributed by atoms with van der Waals surface area (Å²) in [6.45, 7) is 0.700. The summed E-state index contributed by atoms with van der Waals surface area (Å²) in [6.07, 6.45) is 4.48. The molecule has 28 heavy (non-hydrogen) atoms. The Balaban J connectivity index is 1.67. The number of nitrogens with one attached hydrogen (secondary N) is 2. The van der Waals surface area contributed by atoms with Crippen LogP contribution in [0.3, 0.4) is 0 Å². The van der Waals surface area contributed by atoms with Crippen molar-refractivity contribution in [2.75, 3.05) is 11.9 Å². The lowest BCUT2D eigenvalue weighted by atomic mass is 10.1. The number of fused-ring (bicyclic) bond motifs is 1. The Morgan fingerprint density at radius 3 is 2.82 bits per heavy atom. The molecule has 148 valence electrons. The summed E-state index contributed by atoms with van der Waals surface area (Å²) in [7, 11) is 0. The monoisotopic (exact) mass is 386 g/mol. The third kappa shape index (κ3) is 4.54. The summed E-state index contributed by atoms with van der Waals surface area (Å²) in [5, 5.41) is 19.3. The largest absolute Gasteiger partial charge is 0.481 e. The molecule has 1 saturated heterocycles. The van der Waals surface area contributed by atoms with Gasteiger partial charge < -0.3 is 10.4 Å². The molecule has 1 unspecified atom stereocenters. The molecule has 1 aromatic carbocycles. The lowest BCUT2D eigenvalue weighted by Gasteiger charge is -2.21. The van der Waals surface area contributed by atoms with Crippen molar-refractivity contribution < 1.29 is 19.5 Å². The van der Waals surface area contributed by atoms with Gasteiger partial charge in [-0.3, -0.25) is 24.5 Å². The number of rotatable bonds is 8. The number of anilines is 1. The number of hydrogen-bond donors (Lipinski definition) is 3. The van der Waals surface area contributed by atoms with Crippen LogP contribution in [0.25, 0.3) is 10.8 Å². The van der Waals surface area contributed by atoms with Crippen LogP contribution in [-0.2, 0) is 14.4 Å². The van der Waals surface area contributed by atoms with Crippen molar-refractivity contribution in [3.63, 3.8) is 0 Å². The zero-order chi connectivity index (χ0) is 20.1. The Kier molecular flexibility index (Phi) is 6.03. The minimum atomic E-state index is -0.780. The van der Waals surface area contributed by atoms with Crippen LogP contribution in [0.1, 0.15) is 44.6 Å². The fourth-order valence-corrected chi connectivity index (χ4v) is 3.22. The first-order chi connectivity index (χ1) is 13.5. The Morgan fingerprint density at radius 2 is 2.07 bits per heavy atom. The van der Waals surface area contributed by atoms with Crippen molar-refractivity contribution in [1.29, 1.82) is 0 Å². The summed E-state index contributed by atoms with van der Waals surface area (Å²) in [6, 6.07) is 4.51. The number of aromatic nitrogens is 2. The standard InChI is InChI=1S/C19H22N4O5/c24-16-8-7-15(18(27)22-16)23-19(28)14-6-5-13(10-12(14)11-21-23)20-9-3-1-2-4-17(25)26/h5-6,10-11,15,20H,1-4,7-9H2,(H,25,26)(H,22,24,27). The van der Waals surface area contributed by atoms with Crippen LogP contribution in [0.15, 0.2) is 29.2 Å². The molecule has 0 saturated carbocycles. The van der Waals surface area contributed by atoms with Gasteiger partial charge in [0.05, 0.1) is 11.6 Å². The van der Waals surface area contributed by atoms with Gasteiger partial charge in [0.25, 0.3) is 11.5 Å². The minimum absolute atomic E-state index is 0.178. The van der Waals surface area contributed by atoms with E-state index in [0.717, 1.165) is 23.2 Å². The third-order valence-electron chi connectivity index (χ3n) is 4.71. The smallest absolute Gasteiger partial charge is 0.303 e. The second-order valence-corrected chi connectivity index (χ2v) is 6.79. The number of carboxylic acids is 1. The molecule has 1 aliphatic heterocycles. The quantitative estimate of drug-likeness (QED) is 0.462. The van der Waals surface area contributed by atoms with Gasteiger partial charge in [0.2, 0.25) is 5.91 Å². The number of imide groups is 1. The molecule has 0 spiro atoms. The molecule has 1 aromatic heterocycles. The van der Waals surface area contributed by atoms with Gasteiger partial charge in [0.15, 0.2) is 0 Å². The lowest BCUT2D eigenvalue weighted by molar-refractivity contribution is -0.138. The molecule has 3 rings (SSSR count). The molecular weight excluding hydrogens is 364 g/mol. The van der Waals surface area contributed by atoms with Crippen molar-refractivity contribution in [2.24, 2.45) is 0 Å². The first-order valence-corrected chi connectivity index (χ1v) is 9.26. The summed E-state index contributed by atoms with van der Waals surface area (Å²) < 4.78 is 1.14. The van der Waals surface area contributed by atoms with Crippen LogP contribution >= 0.6 is 0 Å². The Morgan fingerprint density at radius 1 is 1.25 bits per heavy atom. The van der Waals surface area contributed by atoms with Gasteiger partial charge in [0, 0.05) is 30.5 Å². The van der Waals surface area contributed by atoms with Crippen LogP contribution in [0.2, 0.25) is 0 Å². The van der Waals surface area contributed by atoms with E-state index in [4.69, 9.17) is 5.11 Å². The highest BCUT2D eigenvalue weighted by Crippen LogP contribution is 2.19. The SMILES string of the molecule is O=C(O)CCCCCNc1ccc2c(=O)n(C3CCC(=O)NC3=O)ncc2c1. The van der Waals surface area contributed by atoms with Gasteiger partial charge in [-0.2, -0.15) is 5.10 Å². The predicted molar refractivity (Wildman–Crippen MR) is 102 cm³/mol. The van der Waals surface area contributed by atoms with Gasteiger partial charge in [-0.1, -0.05) is 6.42 Å². The van der Waals surface area contributed by atoms with E-state index in [1.54, 1.807) is 18.3 Å². The third-order valence-corrected chi connectivity index (χ3v) is 4.71. The number of piperidine rings is 1. The maximum absolute atomic E-state index is 12.7. The second kappa shape index (κ2) is 8.64. The molecule has 1 fully saturated rings. The van der Waals surface area contributed by atoms with E-state index in [1.807, 2.05) is 6.07 Å². The number of benzene rings is 1. The zero-order valence-corrected chi connectivity index (χ0v) is 15.3. The fourth-order valence-electron chi connectivity index (χ4n) is 3.22. The van der Waals surface area contributed by atoms with E-state index in [1.165, 1.54) is 0 Å². The van der Waals surface area contributed by atoms with Crippen molar-refractivity contribution in [3.05, 3.63) is 34.7 Å². The first kappa shape index (κ1) is 19.5. The Hall–Kier alpha value is -3.23. The number of carboxylic acid groups (broad SMARTS) is 1. The van der Waals surface area contributed by atoms with Gasteiger partial charge in [0.1, 0.15) is 6.04 Å². The molecule has 2 aromatic rings. The molecular formula is C19H22N4O5. The molecule has 1 atom stereocenters. The van der Waals surface area contributed by atoms with Crippen LogP contribution in [0.5, 0.6) is 0 Å². The fraction of sp³-hybridized carbons (Fsp3) is 0.421. The average Bonchev–Trinajstić information content (AvgIpc) is 2.65. The molecule has 9 nitrogen and oxygen atoms in total. The second-order valence-electron chi connectivity index (χ2n) is 6.79. The molecule has 0 bridgehead atoms. The lowest BCUT2D eigenvalue weighted by Crippen LogP contribution is -2.45. The summed E-state index contributed by atoms with van der Waals surface area (Å²) in [5.74, 6) is -1.63.